The van der Waals surface area contributed by atoms with Crippen molar-refractivity contribution in [2.24, 2.45) is 0 Å². The van der Waals surface area contributed by atoms with E-state index in [1.807, 2.05) is 6.92 Å². The van der Waals surface area contributed by atoms with Crippen LogP contribution in [0.5, 0.6) is 0 Å². The van der Waals surface area contributed by atoms with Crippen molar-refractivity contribution in [3.05, 3.63) is 34.9 Å². The zero-order valence-electron chi connectivity index (χ0n) is 16.6. The Morgan fingerprint density at radius 1 is 1.03 bits per heavy atom. The van der Waals surface area contributed by atoms with Gasteiger partial charge < -0.3 is 14.5 Å². The SMILES string of the molecule is Cc1ccc2c(c1)C(=O)N(CCC(=O)N1CCN(C(=O)C3CCCO3)CC1)C2=O. The normalized spacial score (nSPS) is 21.7. The van der Waals surface area contributed by atoms with E-state index < -0.39 is 0 Å². The van der Waals surface area contributed by atoms with Crippen LogP contribution in [0.3, 0.4) is 0 Å². The highest BCUT2D eigenvalue weighted by atomic mass is 16.5. The van der Waals surface area contributed by atoms with Gasteiger partial charge in [0, 0.05) is 45.8 Å². The van der Waals surface area contributed by atoms with Crippen LogP contribution in [0.1, 0.15) is 45.5 Å². The third-order valence-corrected chi connectivity index (χ3v) is 5.82. The summed E-state index contributed by atoms with van der Waals surface area (Å²) in [6.45, 7) is 4.45. The lowest BCUT2D eigenvalue weighted by Crippen LogP contribution is -2.53. The molecule has 3 aliphatic rings. The molecule has 0 aliphatic carbocycles. The van der Waals surface area contributed by atoms with Crippen LogP contribution >= 0.6 is 0 Å². The van der Waals surface area contributed by atoms with Gasteiger partial charge in [0.25, 0.3) is 17.7 Å². The number of piperazine rings is 1. The molecule has 1 atom stereocenters. The first kappa shape index (κ1) is 19.6. The smallest absolute Gasteiger partial charge is 0.261 e. The molecule has 1 unspecified atom stereocenters. The Balaban J connectivity index is 1.28. The number of hydrogen-bond acceptors (Lipinski definition) is 5. The number of carbonyl (C=O) groups is 4. The highest BCUT2D eigenvalue weighted by molar-refractivity contribution is 6.21. The van der Waals surface area contributed by atoms with Gasteiger partial charge in [-0.15, -0.1) is 0 Å². The van der Waals surface area contributed by atoms with E-state index in [0.29, 0.717) is 43.9 Å². The van der Waals surface area contributed by atoms with Gasteiger partial charge in [-0.3, -0.25) is 24.1 Å². The largest absolute Gasteiger partial charge is 0.368 e. The van der Waals surface area contributed by atoms with Gasteiger partial charge in [0.1, 0.15) is 6.10 Å². The lowest BCUT2D eigenvalue weighted by molar-refractivity contribution is -0.146. The molecule has 1 aromatic carbocycles. The first-order valence-electron chi connectivity index (χ1n) is 10.1. The highest BCUT2D eigenvalue weighted by Crippen LogP contribution is 2.24. The van der Waals surface area contributed by atoms with E-state index in [-0.39, 0.29) is 42.7 Å². The molecule has 154 valence electrons. The van der Waals surface area contributed by atoms with Gasteiger partial charge in [0.15, 0.2) is 0 Å². The van der Waals surface area contributed by atoms with Crippen molar-refractivity contribution in [3.63, 3.8) is 0 Å². The van der Waals surface area contributed by atoms with Crippen molar-refractivity contribution in [1.82, 2.24) is 14.7 Å². The zero-order chi connectivity index (χ0) is 20.5. The summed E-state index contributed by atoms with van der Waals surface area (Å²) in [5.74, 6) is -0.781. The van der Waals surface area contributed by atoms with Crippen LogP contribution in [-0.2, 0) is 14.3 Å². The fourth-order valence-corrected chi connectivity index (χ4v) is 4.13. The molecule has 0 bridgehead atoms. The predicted molar refractivity (Wildman–Crippen MR) is 103 cm³/mol. The van der Waals surface area contributed by atoms with Crippen LogP contribution in [-0.4, -0.2) is 83.8 Å². The summed E-state index contributed by atoms with van der Waals surface area (Å²) >= 11 is 0. The van der Waals surface area contributed by atoms with Crippen molar-refractivity contribution in [1.29, 1.82) is 0 Å². The Hall–Kier alpha value is -2.74. The molecular weight excluding hydrogens is 374 g/mol. The van der Waals surface area contributed by atoms with Crippen molar-refractivity contribution in [2.75, 3.05) is 39.3 Å². The summed E-state index contributed by atoms with van der Waals surface area (Å²) in [5, 5.41) is 0. The van der Waals surface area contributed by atoms with E-state index in [0.717, 1.165) is 23.3 Å². The number of nitrogens with zero attached hydrogens (tertiary/aromatic N) is 3. The van der Waals surface area contributed by atoms with Crippen molar-refractivity contribution in [3.8, 4) is 0 Å². The fraction of sp³-hybridized carbons (Fsp3) is 0.524. The van der Waals surface area contributed by atoms with Crippen LogP contribution in [0.15, 0.2) is 18.2 Å². The van der Waals surface area contributed by atoms with Crippen LogP contribution < -0.4 is 0 Å². The van der Waals surface area contributed by atoms with Crippen molar-refractivity contribution >= 4 is 23.6 Å². The Morgan fingerprint density at radius 3 is 2.41 bits per heavy atom. The van der Waals surface area contributed by atoms with Gasteiger partial charge in [-0.1, -0.05) is 11.6 Å². The van der Waals surface area contributed by atoms with Crippen LogP contribution in [0.4, 0.5) is 0 Å². The molecule has 0 radical (unpaired) electrons. The number of amides is 4. The van der Waals surface area contributed by atoms with E-state index in [4.69, 9.17) is 4.74 Å². The molecule has 29 heavy (non-hydrogen) atoms. The van der Waals surface area contributed by atoms with Crippen LogP contribution in [0.25, 0.3) is 0 Å². The second-order valence-electron chi connectivity index (χ2n) is 7.77. The molecule has 8 heteroatoms. The minimum absolute atomic E-state index is 0.0101. The van der Waals surface area contributed by atoms with Crippen molar-refractivity contribution < 1.29 is 23.9 Å². The first-order chi connectivity index (χ1) is 14.0. The lowest BCUT2D eigenvalue weighted by Gasteiger charge is -2.36. The molecule has 4 rings (SSSR count). The lowest BCUT2D eigenvalue weighted by atomic mass is 10.1. The average Bonchev–Trinajstić information content (AvgIpc) is 3.34. The third-order valence-electron chi connectivity index (χ3n) is 5.82. The standard InChI is InChI=1S/C21H25N3O5/c1-14-4-5-15-16(13-14)20(27)24(19(15)26)7-6-18(25)22-8-10-23(11-9-22)21(28)17-3-2-12-29-17/h4-5,13,17H,2-3,6-12H2,1H3. The number of imide groups is 1. The van der Waals surface area contributed by atoms with Crippen LogP contribution in [0, 0.1) is 6.92 Å². The molecule has 3 aliphatic heterocycles. The van der Waals surface area contributed by atoms with E-state index in [9.17, 15) is 19.2 Å². The maximum absolute atomic E-state index is 12.6. The first-order valence-corrected chi connectivity index (χ1v) is 10.1. The van der Waals surface area contributed by atoms with Gasteiger partial charge >= 0.3 is 0 Å². The van der Waals surface area contributed by atoms with E-state index in [1.54, 1.807) is 28.0 Å². The molecule has 0 N–H and O–H groups in total. The molecule has 2 fully saturated rings. The molecule has 3 heterocycles. The van der Waals surface area contributed by atoms with Gasteiger partial charge in [-0.05, 0) is 31.9 Å². The van der Waals surface area contributed by atoms with Gasteiger partial charge in [0.2, 0.25) is 5.91 Å². The Bertz CT molecular complexity index is 854. The van der Waals surface area contributed by atoms with Crippen molar-refractivity contribution in [2.45, 2.75) is 32.3 Å². The second-order valence-corrected chi connectivity index (χ2v) is 7.77. The second kappa shape index (κ2) is 7.94. The molecule has 2 saturated heterocycles. The average molecular weight is 399 g/mol. The van der Waals surface area contributed by atoms with Gasteiger partial charge in [-0.2, -0.15) is 0 Å². The maximum Gasteiger partial charge on any atom is 0.261 e. The minimum atomic E-state index is -0.343. The highest BCUT2D eigenvalue weighted by Gasteiger charge is 2.36. The number of carbonyl (C=O) groups excluding carboxylic acids is 4. The number of aryl methyl sites for hydroxylation is 1. The van der Waals surface area contributed by atoms with Gasteiger partial charge in [0.05, 0.1) is 11.1 Å². The molecule has 0 aromatic heterocycles. The molecule has 0 saturated carbocycles. The van der Waals surface area contributed by atoms with Crippen LogP contribution in [0.2, 0.25) is 0 Å². The number of fused-ring (bicyclic) bond motifs is 1. The number of benzene rings is 1. The molecule has 1 aromatic rings. The van der Waals surface area contributed by atoms with E-state index in [2.05, 4.69) is 0 Å². The number of ether oxygens (including phenoxy) is 1. The fourth-order valence-electron chi connectivity index (χ4n) is 4.13. The quantitative estimate of drug-likeness (QED) is 0.700. The summed E-state index contributed by atoms with van der Waals surface area (Å²) in [6.07, 6.45) is 1.42. The third kappa shape index (κ3) is 3.76. The molecule has 4 amide bonds. The van der Waals surface area contributed by atoms with E-state index >= 15 is 0 Å². The summed E-state index contributed by atoms with van der Waals surface area (Å²) in [5.41, 5.74) is 1.72. The Labute approximate surface area is 169 Å². The zero-order valence-corrected chi connectivity index (χ0v) is 16.6. The maximum atomic E-state index is 12.6. The summed E-state index contributed by atoms with van der Waals surface area (Å²) in [4.78, 5) is 54.6. The summed E-state index contributed by atoms with van der Waals surface area (Å²) < 4.78 is 5.45. The summed E-state index contributed by atoms with van der Waals surface area (Å²) in [7, 11) is 0. The van der Waals surface area contributed by atoms with Gasteiger partial charge in [-0.25, -0.2) is 0 Å². The topological polar surface area (TPSA) is 87.2 Å². The monoisotopic (exact) mass is 399 g/mol. The number of rotatable bonds is 4. The Kier molecular flexibility index (Phi) is 5.36. The predicted octanol–water partition coefficient (Wildman–Crippen LogP) is 0.831. The number of hydrogen-bond donors (Lipinski definition) is 0. The molecule has 0 spiro atoms. The van der Waals surface area contributed by atoms with E-state index in [1.165, 1.54) is 0 Å². The summed E-state index contributed by atoms with van der Waals surface area (Å²) in [6, 6.07) is 5.18. The Morgan fingerprint density at radius 2 is 1.72 bits per heavy atom. The minimum Gasteiger partial charge on any atom is -0.368 e. The molecule has 8 nitrogen and oxygen atoms in total. The molecular formula is C21H25N3O5.